The van der Waals surface area contributed by atoms with Crippen molar-refractivity contribution in [2.24, 2.45) is 11.3 Å². The number of fused-ring (bicyclic) bond motifs is 1. The molecule has 116 valence electrons. The molecule has 0 bridgehead atoms. The highest BCUT2D eigenvalue weighted by Crippen LogP contribution is 2.44. The second kappa shape index (κ2) is 5.79. The van der Waals surface area contributed by atoms with Gasteiger partial charge < -0.3 is 10.4 Å². The van der Waals surface area contributed by atoms with E-state index in [1.54, 1.807) is 6.92 Å². The van der Waals surface area contributed by atoms with Crippen LogP contribution in [-0.2, 0) is 17.6 Å². The van der Waals surface area contributed by atoms with Crippen LogP contribution in [0.1, 0.15) is 61.3 Å². The molecule has 2 N–H and O–H groups in total. The van der Waals surface area contributed by atoms with Gasteiger partial charge in [0.1, 0.15) is 5.00 Å². The first-order valence-corrected chi connectivity index (χ1v) is 8.23. The lowest BCUT2D eigenvalue weighted by Crippen LogP contribution is -2.26. The molecule has 21 heavy (non-hydrogen) atoms. The highest BCUT2D eigenvalue weighted by Gasteiger charge is 2.33. The fraction of sp³-hybridized carbons (Fsp3) is 0.625. The van der Waals surface area contributed by atoms with E-state index in [0.717, 1.165) is 29.7 Å². The number of carbonyl (C=O) groups is 2. The summed E-state index contributed by atoms with van der Waals surface area (Å²) in [5, 5.41) is 12.7. The van der Waals surface area contributed by atoms with Crippen LogP contribution in [0.25, 0.3) is 0 Å². The monoisotopic (exact) mass is 309 g/mol. The van der Waals surface area contributed by atoms with E-state index in [0.29, 0.717) is 22.9 Å². The summed E-state index contributed by atoms with van der Waals surface area (Å²) in [6, 6.07) is 0. The number of rotatable bonds is 3. The van der Waals surface area contributed by atoms with Gasteiger partial charge in [0.2, 0.25) is 5.91 Å². The molecule has 5 heteroatoms. The molecule has 0 unspecified atom stereocenters. The number of anilines is 1. The van der Waals surface area contributed by atoms with Gasteiger partial charge in [-0.3, -0.25) is 4.79 Å². The van der Waals surface area contributed by atoms with E-state index in [9.17, 15) is 14.7 Å². The number of thiophene rings is 1. The van der Waals surface area contributed by atoms with Gasteiger partial charge in [0.15, 0.2) is 0 Å². The smallest absolute Gasteiger partial charge is 0.339 e. The number of hydrogen-bond donors (Lipinski definition) is 2. The summed E-state index contributed by atoms with van der Waals surface area (Å²) in [6.45, 7) is 8.45. The summed E-state index contributed by atoms with van der Waals surface area (Å²) < 4.78 is 0. The lowest BCUT2D eigenvalue weighted by molar-refractivity contribution is -0.115. The maximum absolute atomic E-state index is 11.6. The van der Waals surface area contributed by atoms with Crippen LogP contribution in [-0.4, -0.2) is 17.0 Å². The van der Waals surface area contributed by atoms with Crippen molar-refractivity contribution in [3.8, 4) is 0 Å². The predicted octanol–water partition coefficient (Wildman–Crippen LogP) is 3.95. The molecule has 1 aliphatic rings. The Kier molecular flexibility index (Phi) is 4.42. The second-order valence-corrected chi connectivity index (χ2v) is 7.83. The van der Waals surface area contributed by atoms with Crippen molar-refractivity contribution in [2.75, 3.05) is 5.32 Å². The molecule has 1 amide bonds. The van der Waals surface area contributed by atoms with Crippen LogP contribution in [0.15, 0.2) is 0 Å². The molecular formula is C16H23NO3S. The first-order valence-electron chi connectivity index (χ1n) is 7.41. The van der Waals surface area contributed by atoms with E-state index in [4.69, 9.17) is 0 Å². The Labute approximate surface area is 129 Å². The Hall–Kier alpha value is -1.36. The molecule has 0 spiro atoms. The number of hydrogen-bond acceptors (Lipinski definition) is 3. The van der Waals surface area contributed by atoms with Crippen molar-refractivity contribution >= 4 is 28.2 Å². The number of nitrogens with one attached hydrogen (secondary N) is 1. The first-order chi connectivity index (χ1) is 9.74. The molecule has 2 rings (SSSR count). The van der Waals surface area contributed by atoms with Crippen LogP contribution in [0.2, 0.25) is 0 Å². The topological polar surface area (TPSA) is 66.4 Å². The van der Waals surface area contributed by atoms with Gasteiger partial charge in [-0.25, -0.2) is 4.79 Å². The fourth-order valence-corrected chi connectivity index (χ4v) is 4.19. The summed E-state index contributed by atoms with van der Waals surface area (Å²) in [5.74, 6) is -0.517. The van der Waals surface area contributed by atoms with Crippen molar-refractivity contribution in [1.29, 1.82) is 0 Å². The fourth-order valence-electron chi connectivity index (χ4n) is 2.85. The zero-order chi connectivity index (χ0) is 15.8. The minimum absolute atomic E-state index is 0.136. The molecule has 1 atom stereocenters. The molecule has 0 radical (unpaired) electrons. The van der Waals surface area contributed by atoms with E-state index in [2.05, 4.69) is 26.1 Å². The molecule has 0 saturated heterocycles. The number of aromatic carboxylic acids is 1. The van der Waals surface area contributed by atoms with E-state index < -0.39 is 5.97 Å². The van der Waals surface area contributed by atoms with Gasteiger partial charge >= 0.3 is 5.97 Å². The SMILES string of the molecule is CCC(=O)Nc1sc2c(c1C(=O)O)CC[C@@H](C(C)(C)C)C2. The van der Waals surface area contributed by atoms with Crippen LogP contribution in [0.3, 0.4) is 0 Å². The summed E-state index contributed by atoms with van der Waals surface area (Å²) in [5.41, 5.74) is 1.46. The van der Waals surface area contributed by atoms with Gasteiger partial charge in [0.05, 0.1) is 5.56 Å². The van der Waals surface area contributed by atoms with Gasteiger partial charge in [0.25, 0.3) is 0 Å². The number of carboxylic acids is 1. The maximum Gasteiger partial charge on any atom is 0.339 e. The Morgan fingerprint density at radius 2 is 2.05 bits per heavy atom. The third-order valence-electron chi connectivity index (χ3n) is 4.28. The molecule has 1 aromatic rings. The van der Waals surface area contributed by atoms with Crippen molar-refractivity contribution in [2.45, 2.75) is 53.4 Å². The third kappa shape index (κ3) is 3.28. The van der Waals surface area contributed by atoms with Crippen LogP contribution < -0.4 is 5.32 Å². The minimum Gasteiger partial charge on any atom is -0.478 e. The van der Waals surface area contributed by atoms with E-state index in [1.165, 1.54) is 11.3 Å². The van der Waals surface area contributed by atoms with Crippen LogP contribution in [0, 0.1) is 11.3 Å². The molecule has 1 aromatic heterocycles. The normalized spacial score (nSPS) is 18.2. The lowest BCUT2D eigenvalue weighted by atomic mass is 9.72. The molecule has 1 aliphatic carbocycles. The zero-order valence-electron chi connectivity index (χ0n) is 13.1. The number of carboxylic acid groups (broad SMARTS) is 1. The van der Waals surface area contributed by atoms with Crippen molar-refractivity contribution < 1.29 is 14.7 Å². The minimum atomic E-state index is -0.937. The molecular weight excluding hydrogens is 286 g/mol. The van der Waals surface area contributed by atoms with Crippen LogP contribution in [0.5, 0.6) is 0 Å². The Bertz CT molecular complexity index is 569. The molecule has 0 saturated carbocycles. The number of amides is 1. The number of carbonyl (C=O) groups excluding carboxylic acids is 1. The predicted molar refractivity (Wildman–Crippen MR) is 85.2 cm³/mol. The van der Waals surface area contributed by atoms with Gasteiger partial charge in [-0.05, 0) is 36.2 Å². The summed E-state index contributed by atoms with van der Waals surface area (Å²) in [4.78, 5) is 24.3. The van der Waals surface area contributed by atoms with Crippen molar-refractivity contribution in [1.82, 2.24) is 0 Å². The van der Waals surface area contributed by atoms with Crippen molar-refractivity contribution in [3.05, 3.63) is 16.0 Å². The highest BCUT2D eigenvalue weighted by atomic mass is 32.1. The molecule has 0 aromatic carbocycles. The highest BCUT2D eigenvalue weighted by molar-refractivity contribution is 7.17. The van der Waals surface area contributed by atoms with Gasteiger partial charge in [0, 0.05) is 11.3 Å². The Morgan fingerprint density at radius 1 is 1.38 bits per heavy atom. The second-order valence-electron chi connectivity index (χ2n) is 6.72. The lowest BCUT2D eigenvalue weighted by Gasteiger charge is -2.33. The van der Waals surface area contributed by atoms with Crippen molar-refractivity contribution in [3.63, 3.8) is 0 Å². The van der Waals surface area contributed by atoms with Gasteiger partial charge in [-0.1, -0.05) is 27.7 Å². The third-order valence-corrected chi connectivity index (χ3v) is 5.45. The van der Waals surface area contributed by atoms with Crippen LogP contribution in [0.4, 0.5) is 5.00 Å². The largest absolute Gasteiger partial charge is 0.478 e. The van der Waals surface area contributed by atoms with E-state index in [-0.39, 0.29) is 11.3 Å². The first kappa shape index (κ1) is 16.0. The van der Waals surface area contributed by atoms with Gasteiger partial charge in [-0.2, -0.15) is 0 Å². The summed E-state index contributed by atoms with van der Waals surface area (Å²) >= 11 is 1.44. The molecule has 1 heterocycles. The standard InChI is InChI=1S/C16H23NO3S/c1-5-12(18)17-14-13(15(19)20)10-7-6-9(16(2,3)4)8-11(10)21-14/h9H,5-8H2,1-4H3,(H,17,18)(H,19,20)/t9-/m1/s1. The molecule has 0 aliphatic heterocycles. The Morgan fingerprint density at radius 3 is 2.57 bits per heavy atom. The maximum atomic E-state index is 11.6. The summed E-state index contributed by atoms with van der Waals surface area (Å²) in [6.07, 6.45) is 3.06. The Balaban J connectivity index is 2.37. The molecule has 0 fully saturated rings. The molecule has 4 nitrogen and oxygen atoms in total. The summed E-state index contributed by atoms with van der Waals surface area (Å²) in [7, 11) is 0. The zero-order valence-corrected chi connectivity index (χ0v) is 13.9. The van der Waals surface area contributed by atoms with E-state index >= 15 is 0 Å². The average Bonchev–Trinajstić information content (AvgIpc) is 2.74. The van der Waals surface area contributed by atoms with Crippen LogP contribution >= 0.6 is 11.3 Å². The van der Waals surface area contributed by atoms with E-state index in [1.807, 2.05) is 0 Å². The van der Waals surface area contributed by atoms with Gasteiger partial charge in [-0.15, -0.1) is 11.3 Å². The average molecular weight is 309 g/mol. The quantitative estimate of drug-likeness (QED) is 0.888.